The van der Waals surface area contributed by atoms with Gasteiger partial charge in [-0.15, -0.1) is 11.3 Å². The smallest absolute Gasteiger partial charge is 0.317 e. The van der Waals surface area contributed by atoms with E-state index in [-0.39, 0.29) is 5.97 Å². The fourth-order valence-corrected chi connectivity index (χ4v) is 3.16. The Balaban J connectivity index is 1.98. The molecule has 112 valence electrons. The van der Waals surface area contributed by atoms with E-state index in [1.807, 2.05) is 26.2 Å². The minimum absolute atomic E-state index is 0.220. The molecule has 1 unspecified atom stereocenters. The highest BCUT2D eigenvalue weighted by molar-refractivity contribution is 7.13. The molecule has 1 aromatic heterocycles. The van der Waals surface area contributed by atoms with Gasteiger partial charge in [0.1, 0.15) is 5.41 Å². The maximum absolute atomic E-state index is 12.0. The van der Waals surface area contributed by atoms with Crippen molar-refractivity contribution in [3.63, 3.8) is 0 Å². The molecule has 0 aromatic carbocycles. The van der Waals surface area contributed by atoms with Crippen LogP contribution < -0.4 is 5.32 Å². The largest absolute Gasteiger partial charge is 0.465 e. The number of hydrogen-bond acceptors (Lipinski definition) is 5. The first-order valence-electron chi connectivity index (χ1n) is 7.33. The number of rotatable bonds is 7. The lowest BCUT2D eigenvalue weighted by atomic mass is 9.90. The fourth-order valence-electron chi connectivity index (χ4n) is 2.17. The van der Waals surface area contributed by atoms with Crippen molar-refractivity contribution >= 4 is 22.4 Å². The Morgan fingerprint density at radius 2 is 2.30 bits per heavy atom. The van der Waals surface area contributed by atoms with Gasteiger partial charge in [-0.3, -0.25) is 4.79 Å². The Morgan fingerprint density at radius 1 is 1.60 bits per heavy atom. The van der Waals surface area contributed by atoms with E-state index in [0.29, 0.717) is 12.6 Å². The Morgan fingerprint density at radius 3 is 2.90 bits per heavy atom. The van der Waals surface area contributed by atoms with Gasteiger partial charge in [0, 0.05) is 11.4 Å². The van der Waals surface area contributed by atoms with E-state index < -0.39 is 5.41 Å². The van der Waals surface area contributed by atoms with Gasteiger partial charge in [0.25, 0.3) is 0 Å². The summed E-state index contributed by atoms with van der Waals surface area (Å²) in [6.07, 6.45) is 3.94. The number of ether oxygens (including phenoxy) is 1. The van der Waals surface area contributed by atoms with E-state index in [0.717, 1.165) is 16.7 Å². The zero-order valence-corrected chi connectivity index (χ0v) is 13.5. The van der Waals surface area contributed by atoms with Crippen molar-refractivity contribution in [3.8, 4) is 0 Å². The topological polar surface area (TPSA) is 51.2 Å². The van der Waals surface area contributed by atoms with Crippen molar-refractivity contribution < 1.29 is 9.53 Å². The number of thiazole rings is 1. The molecule has 1 heterocycles. The first-order valence-corrected chi connectivity index (χ1v) is 8.21. The van der Waals surface area contributed by atoms with Crippen LogP contribution in [0.1, 0.15) is 52.7 Å². The van der Waals surface area contributed by atoms with Gasteiger partial charge in [-0.1, -0.05) is 12.8 Å². The highest BCUT2D eigenvalue weighted by Gasteiger charge is 2.34. The number of anilines is 1. The van der Waals surface area contributed by atoms with E-state index in [1.165, 1.54) is 19.3 Å². The second kappa shape index (κ2) is 6.12. The van der Waals surface area contributed by atoms with Gasteiger partial charge in [-0.2, -0.15) is 0 Å². The molecule has 1 N–H and O–H groups in total. The van der Waals surface area contributed by atoms with Crippen LogP contribution in [0.4, 0.5) is 5.13 Å². The summed E-state index contributed by atoms with van der Waals surface area (Å²) in [7, 11) is 0. The highest BCUT2D eigenvalue weighted by Crippen LogP contribution is 2.34. The lowest BCUT2D eigenvalue weighted by Gasteiger charge is -2.19. The van der Waals surface area contributed by atoms with Crippen LogP contribution in [-0.2, 0) is 14.9 Å². The van der Waals surface area contributed by atoms with Gasteiger partial charge < -0.3 is 10.1 Å². The van der Waals surface area contributed by atoms with Gasteiger partial charge >= 0.3 is 5.97 Å². The summed E-state index contributed by atoms with van der Waals surface area (Å²) in [5, 5.41) is 6.27. The van der Waals surface area contributed by atoms with Crippen molar-refractivity contribution in [2.75, 3.05) is 11.9 Å². The molecule has 1 saturated carbocycles. The van der Waals surface area contributed by atoms with Crippen molar-refractivity contribution in [2.45, 2.75) is 58.4 Å². The first kappa shape index (κ1) is 15.3. The van der Waals surface area contributed by atoms with Crippen molar-refractivity contribution in [2.24, 2.45) is 5.92 Å². The van der Waals surface area contributed by atoms with Crippen LogP contribution in [0, 0.1) is 5.92 Å². The van der Waals surface area contributed by atoms with Gasteiger partial charge in [0.15, 0.2) is 5.13 Å². The predicted molar refractivity (Wildman–Crippen MR) is 82.2 cm³/mol. The molecule has 1 aliphatic carbocycles. The molecule has 0 amide bonds. The molecular weight excluding hydrogens is 272 g/mol. The second-order valence-electron chi connectivity index (χ2n) is 6.11. The van der Waals surface area contributed by atoms with Gasteiger partial charge in [0.05, 0.1) is 12.3 Å². The normalized spacial score (nSPS) is 16.8. The van der Waals surface area contributed by atoms with Crippen LogP contribution in [-0.4, -0.2) is 23.6 Å². The maximum atomic E-state index is 12.0. The minimum Gasteiger partial charge on any atom is -0.465 e. The van der Waals surface area contributed by atoms with Crippen LogP contribution in [0.5, 0.6) is 0 Å². The average molecular weight is 296 g/mol. The van der Waals surface area contributed by atoms with E-state index in [1.54, 1.807) is 11.3 Å². The Kier molecular flexibility index (Phi) is 4.68. The van der Waals surface area contributed by atoms with Crippen LogP contribution in [0.25, 0.3) is 0 Å². The van der Waals surface area contributed by atoms with Crippen LogP contribution in [0.15, 0.2) is 5.38 Å². The molecule has 4 nitrogen and oxygen atoms in total. The molecule has 20 heavy (non-hydrogen) atoms. The summed E-state index contributed by atoms with van der Waals surface area (Å²) < 4.78 is 5.12. The number of nitrogens with one attached hydrogen (secondary N) is 1. The van der Waals surface area contributed by atoms with Crippen molar-refractivity contribution in [3.05, 3.63) is 11.1 Å². The fraction of sp³-hybridized carbons (Fsp3) is 0.733. The predicted octanol–water partition coefficient (Wildman–Crippen LogP) is 3.58. The molecule has 1 aliphatic rings. The SMILES string of the molecule is CCOC(=O)C(C)(C)c1csc(NC(C)CC2CC2)n1. The monoisotopic (exact) mass is 296 g/mol. The third-order valence-electron chi connectivity index (χ3n) is 3.68. The number of nitrogens with zero attached hydrogens (tertiary/aromatic N) is 1. The molecular formula is C15H24N2O2S. The quantitative estimate of drug-likeness (QED) is 0.781. The Labute approximate surface area is 124 Å². The van der Waals surface area contributed by atoms with E-state index >= 15 is 0 Å². The van der Waals surface area contributed by atoms with Gasteiger partial charge in [-0.05, 0) is 40.0 Å². The molecule has 1 aromatic rings. The standard InChI is InChI=1S/C15H24N2O2S/c1-5-19-13(18)15(3,4)12-9-20-14(17-12)16-10(2)8-11-6-7-11/h9-11H,5-8H2,1-4H3,(H,16,17). The number of aromatic nitrogens is 1. The molecule has 2 rings (SSSR count). The zero-order chi connectivity index (χ0) is 14.8. The second-order valence-corrected chi connectivity index (χ2v) is 6.97. The Bertz CT molecular complexity index is 466. The van der Waals surface area contributed by atoms with E-state index in [4.69, 9.17) is 4.74 Å². The summed E-state index contributed by atoms with van der Waals surface area (Å²) in [4.78, 5) is 16.5. The van der Waals surface area contributed by atoms with Crippen molar-refractivity contribution in [1.82, 2.24) is 4.98 Å². The van der Waals surface area contributed by atoms with Gasteiger partial charge in [-0.25, -0.2) is 4.98 Å². The molecule has 0 spiro atoms. The lowest BCUT2D eigenvalue weighted by Crippen LogP contribution is -2.31. The highest BCUT2D eigenvalue weighted by atomic mass is 32.1. The summed E-state index contributed by atoms with van der Waals surface area (Å²) in [5.41, 5.74) is 0.0914. The van der Waals surface area contributed by atoms with Crippen LogP contribution >= 0.6 is 11.3 Å². The molecule has 0 radical (unpaired) electrons. The maximum Gasteiger partial charge on any atom is 0.317 e. The summed E-state index contributed by atoms with van der Waals surface area (Å²) in [6.45, 7) is 8.13. The summed E-state index contributed by atoms with van der Waals surface area (Å²) in [5.74, 6) is 0.677. The Hall–Kier alpha value is -1.10. The zero-order valence-electron chi connectivity index (χ0n) is 12.7. The van der Waals surface area contributed by atoms with Crippen LogP contribution in [0.3, 0.4) is 0 Å². The average Bonchev–Trinajstić information content (AvgIpc) is 3.05. The van der Waals surface area contributed by atoms with Crippen LogP contribution in [0.2, 0.25) is 0 Å². The van der Waals surface area contributed by atoms with Gasteiger partial charge in [0.2, 0.25) is 0 Å². The third kappa shape index (κ3) is 3.72. The molecule has 0 saturated heterocycles. The summed E-state index contributed by atoms with van der Waals surface area (Å²) in [6, 6.07) is 0.437. The summed E-state index contributed by atoms with van der Waals surface area (Å²) >= 11 is 1.56. The molecule has 1 fully saturated rings. The number of hydrogen-bond donors (Lipinski definition) is 1. The van der Waals surface area contributed by atoms with E-state index in [2.05, 4.69) is 17.2 Å². The van der Waals surface area contributed by atoms with E-state index in [9.17, 15) is 4.79 Å². The molecule has 0 bridgehead atoms. The van der Waals surface area contributed by atoms with Crippen molar-refractivity contribution in [1.29, 1.82) is 0 Å². The number of carbonyl (C=O) groups excluding carboxylic acids is 1. The molecule has 1 atom stereocenters. The number of carbonyl (C=O) groups is 1. The minimum atomic E-state index is -0.688. The molecule has 0 aliphatic heterocycles. The molecule has 5 heteroatoms. The number of esters is 1. The third-order valence-corrected chi connectivity index (χ3v) is 4.46. The lowest BCUT2D eigenvalue weighted by molar-refractivity contribution is -0.148. The first-order chi connectivity index (χ1) is 9.43.